The van der Waals surface area contributed by atoms with E-state index < -0.39 is 5.97 Å². The van der Waals surface area contributed by atoms with E-state index in [1.807, 2.05) is 0 Å². The van der Waals surface area contributed by atoms with Crippen molar-refractivity contribution in [3.63, 3.8) is 0 Å². The fourth-order valence-electron chi connectivity index (χ4n) is 0.876. The van der Waals surface area contributed by atoms with Gasteiger partial charge in [-0.1, -0.05) is 23.2 Å². The zero-order valence-electron chi connectivity index (χ0n) is 8.09. The molecule has 0 fully saturated rings. The first-order valence-corrected chi connectivity index (χ1v) is 5.04. The second kappa shape index (κ2) is 5.90. The topological polar surface area (TPSA) is 51.2 Å². The fourth-order valence-corrected chi connectivity index (χ4v) is 1.21. The van der Waals surface area contributed by atoms with E-state index in [0.717, 1.165) is 0 Å². The van der Waals surface area contributed by atoms with E-state index in [9.17, 15) is 4.79 Å². The molecule has 0 saturated carbocycles. The molecule has 0 aliphatic rings. The van der Waals surface area contributed by atoms with Gasteiger partial charge in [0.15, 0.2) is 5.69 Å². The van der Waals surface area contributed by atoms with Crippen molar-refractivity contribution in [1.29, 1.82) is 0 Å². The number of esters is 1. The van der Waals surface area contributed by atoms with E-state index in [1.165, 1.54) is 12.1 Å². The molecule has 4 nitrogen and oxygen atoms in total. The largest absolute Gasteiger partial charge is 0.460 e. The Kier molecular flexibility index (Phi) is 4.81. The van der Waals surface area contributed by atoms with Gasteiger partial charge in [-0.25, -0.2) is 9.78 Å². The third-order valence-electron chi connectivity index (χ3n) is 1.59. The van der Waals surface area contributed by atoms with Crippen molar-refractivity contribution < 1.29 is 9.53 Å². The van der Waals surface area contributed by atoms with Crippen LogP contribution in [0.5, 0.6) is 0 Å². The number of aromatic nitrogens is 1. The Bertz CT molecular complexity index is 358. The van der Waals surface area contributed by atoms with Crippen molar-refractivity contribution in [2.75, 3.05) is 20.2 Å². The molecule has 0 aliphatic carbocycles. The Balaban J connectivity index is 2.68. The van der Waals surface area contributed by atoms with Gasteiger partial charge in [0.25, 0.3) is 0 Å². The van der Waals surface area contributed by atoms with Crippen molar-refractivity contribution in [1.82, 2.24) is 10.3 Å². The number of pyridine rings is 1. The van der Waals surface area contributed by atoms with Crippen LogP contribution in [0.15, 0.2) is 12.1 Å². The molecule has 1 aromatic rings. The molecule has 0 spiro atoms. The molecule has 0 atom stereocenters. The summed E-state index contributed by atoms with van der Waals surface area (Å²) in [5, 5.41) is 3.28. The lowest BCUT2D eigenvalue weighted by Crippen LogP contribution is -2.18. The van der Waals surface area contributed by atoms with E-state index in [2.05, 4.69) is 10.3 Å². The third kappa shape index (κ3) is 3.66. The molecule has 1 rings (SSSR count). The highest BCUT2D eigenvalue weighted by Gasteiger charge is 2.13. The number of ether oxygens (including phenoxy) is 1. The summed E-state index contributed by atoms with van der Waals surface area (Å²) in [6.45, 7) is 0.837. The van der Waals surface area contributed by atoms with Gasteiger partial charge in [-0.3, -0.25) is 0 Å². The number of nitrogens with zero attached hydrogens (tertiary/aromatic N) is 1. The minimum absolute atomic E-state index is 0.0419. The minimum atomic E-state index is -0.572. The molecule has 15 heavy (non-hydrogen) atoms. The van der Waals surface area contributed by atoms with Crippen LogP contribution in [0.25, 0.3) is 0 Å². The van der Waals surface area contributed by atoms with Gasteiger partial charge >= 0.3 is 5.97 Å². The molecule has 0 radical (unpaired) electrons. The number of hydrogen-bond donors (Lipinski definition) is 1. The van der Waals surface area contributed by atoms with Gasteiger partial charge in [-0.15, -0.1) is 0 Å². The maximum absolute atomic E-state index is 11.4. The van der Waals surface area contributed by atoms with Crippen molar-refractivity contribution in [2.45, 2.75) is 0 Å². The highest BCUT2D eigenvalue weighted by Crippen LogP contribution is 2.17. The van der Waals surface area contributed by atoms with Crippen LogP contribution in [0.4, 0.5) is 0 Å². The van der Waals surface area contributed by atoms with Crippen molar-refractivity contribution >= 4 is 29.2 Å². The molecule has 0 unspecified atom stereocenters. The molecule has 82 valence electrons. The van der Waals surface area contributed by atoms with Gasteiger partial charge < -0.3 is 10.1 Å². The van der Waals surface area contributed by atoms with Gasteiger partial charge in [-0.2, -0.15) is 0 Å². The second-order valence-corrected chi connectivity index (χ2v) is 3.50. The fraction of sp³-hybridized carbons (Fsp3) is 0.333. The van der Waals surface area contributed by atoms with Crippen molar-refractivity contribution in [3.05, 3.63) is 28.0 Å². The summed E-state index contributed by atoms with van der Waals surface area (Å²) < 4.78 is 4.90. The number of halogens is 2. The van der Waals surface area contributed by atoms with E-state index in [1.54, 1.807) is 7.05 Å². The molecule has 0 bridgehead atoms. The Hall–Kier alpha value is -0.840. The summed E-state index contributed by atoms with van der Waals surface area (Å²) in [4.78, 5) is 15.2. The lowest BCUT2D eigenvalue weighted by atomic mass is 10.3. The number of rotatable bonds is 4. The highest BCUT2D eigenvalue weighted by atomic mass is 35.5. The van der Waals surface area contributed by atoms with Crippen LogP contribution in [-0.4, -0.2) is 31.2 Å². The van der Waals surface area contributed by atoms with Crippen LogP contribution in [0, 0.1) is 0 Å². The first-order chi connectivity index (χ1) is 7.15. The number of carbonyl (C=O) groups is 1. The average molecular weight is 249 g/mol. The zero-order chi connectivity index (χ0) is 11.3. The number of likely N-dealkylation sites (N-methyl/N-ethyl adjacent to an activating group) is 1. The van der Waals surface area contributed by atoms with Gasteiger partial charge in [0, 0.05) is 6.54 Å². The highest BCUT2D eigenvalue weighted by molar-refractivity contribution is 6.34. The smallest absolute Gasteiger partial charge is 0.358 e. The van der Waals surface area contributed by atoms with Gasteiger partial charge in [0.2, 0.25) is 0 Å². The Labute approximate surface area is 97.5 Å². The third-order valence-corrected chi connectivity index (χ3v) is 2.11. The monoisotopic (exact) mass is 248 g/mol. The van der Waals surface area contributed by atoms with E-state index in [-0.39, 0.29) is 22.5 Å². The number of hydrogen-bond acceptors (Lipinski definition) is 4. The van der Waals surface area contributed by atoms with E-state index in [0.29, 0.717) is 6.54 Å². The van der Waals surface area contributed by atoms with Crippen LogP contribution in [-0.2, 0) is 4.74 Å². The average Bonchev–Trinajstić information content (AvgIpc) is 2.22. The van der Waals surface area contributed by atoms with Gasteiger partial charge in [0.1, 0.15) is 11.8 Å². The Morgan fingerprint density at radius 3 is 2.93 bits per heavy atom. The van der Waals surface area contributed by atoms with Crippen molar-refractivity contribution in [3.8, 4) is 0 Å². The summed E-state index contributed by atoms with van der Waals surface area (Å²) in [6.07, 6.45) is 0. The normalized spacial score (nSPS) is 10.1. The van der Waals surface area contributed by atoms with Crippen LogP contribution in [0.2, 0.25) is 10.2 Å². The molecule has 0 aliphatic heterocycles. The predicted molar refractivity (Wildman–Crippen MR) is 58.5 cm³/mol. The molecule has 1 heterocycles. The van der Waals surface area contributed by atoms with E-state index in [4.69, 9.17) is 27.9 Å². The summed E-state index contributed by atoms with van der Waals surface area (Å²) in [5.74, 6) is -0.572. The zero-order valence-corrected chi connectivity index (χ0v) is 9.60. The molecule has 0 amide bonds. The quantitative estimate of drug-likeness (QED) is 0.502. The maximum Gasteiger partial charge on any atom is 0.358 e. The summed E-state index contributed by atoms with van der Waals surface area (Å²) in [6, 6.07) is 3.01. The molecule has 0 aromatic carbocycles. The van der Waals surface area contributed by atoms with Gasteiger partial charge in [0.05, 0.1) is 5.02 Å². The maximum atomic E-state index is 11.4. The van der Waals surface area contributed by atoms with Crippen LogP contribution >= 0.6 is 23.2 Å². The first-order valence-electron chi connectivity index (χ1n) is 4.29. The molecular formula is C9H10Cl2N2O2. The molecule has 1 N–H and O–H groups in total. The predicted octanol–water partition coefficient (Wildman–Crippen LogP) is 1.76. The minimum Gasteiger partial charge on any atom is -0.460 e. The van der Waals surface area contributed by atoms with Crippen LogP contribution in [0.1, 0.15) is 10.5 Å². The summed E-state index contributed by atoms with van der Waals surface area (Å²) in [5.41, 5.74) is 0.0419. The van der Waals surface area contributed by atoms with Gasteiger partial charge in [-0.05, 0) is 19.2 Å². The SMILES string of the molecule is CNCCOC(=O)c1nc(Cl)ccc1Cl. The van der Waals surface area contributed by atoms with Crippen molar-refractivity contribution in [2.24, 2.45) is 0 Å². The lowest BCUT2D eigenvalue weighted by molar-refractivity contribution is 0.0504. The number of carbonyl (C=O) groups excluding carboxylic acids is 1. The lowest BCUT2D eigenvalue weighted by Gasteiger charge is -2.05. The van der Waals surface area contributed by atoms with E-state index >= 15 is 0 Å². The summed E-state index contributed by atoms with van der Waals surface area (Å²) in [7, 11) is 1.76. The molecule has 0 saturated heterocycles. The van der Waals surface area contributed by atoms with Crippen LogP contribution < -0.4 is 5.32 Å². The Morgan fingerprint density at radius 2 is 2.27 bits per heavy atom. The summed E-state index contributed by atoms with van der Waals surface area (Å²) >= 11 is 11.4. The standard InChI is InChI=1S/C9H10Cl2N2O2/c1-12-4-5-15-9(14)8-6(10)2-3-7(11)13-8/h2-3,12H,4-5H2,1H3. The molecule has 6 heteroatoms. The molecular weight excluding hydrogens is 239 g/mol. The van der Waals surface area contributed by atoms with Crippen LogP contribution in [0.3, 0.4) is 0 Å². The Morgan fingerprint density at radius 1 is 1.53 bits per heavy atom. The second-order valence-electron chi connectivity index (χ2n) is 2.70. The first kappa shape index (κ1) is 12.2. The number of nitrogens with one attached hydrogen (secondary N) is 1. The molecule has 1 aromatic heterocycles.